The number of amides is 1. The average Bonchev–Trinajstić information content (AvgIpc) is 2.90. The largest absolute Gasteiger partial charge is 0.323 e. The Balaban J connectivity index is 2.48. The maximum Gasteiger partial charge on any atom is 0.282 e. The summed E-state index contributed by atoms with van der Waals surface area (Å²) >= 11 is 7.33. The van der Waals surface area contributed by atoms with Gasteiger partial charge in [0, 0.05) is 22.6 Å². The first kappa shape index (κ1) is 18.9. The van der Waals surface area contributed by atoms with Crippen LogP contribution in [0.5, 0.6) is 0 Å². The summed E-state index contributed by atoms with van der Waals surface area (Å²) in [5.74, 6) is -1.22. The number of thiazole rings is 1. The third-order valence-corrected chi connectivity index (χ3v) is 5.25. The molecule has 1 heterocycles. The SMILES string of the molecule is CCCCn1cc(C(C)(C)C)s/c1=N\C(=O)c1cc(Cl)ccc1F. The van der Waals surface area contributed by atoms with Crippen LogP contribution in [0.25, 0.3) is 0 Å². The molecular formula is C18H22ClFN2OS. The molecule has 0 radical (unpaired) electrons. The topological polar surface area (TPSA) is 34.4 Å². The summed E-state index contributed by atoms with van der Waals surface area (Å²) in [6.45, 7) is 9.25. The van der Waals surface area contributed by atoms with E-state index in [1.165, 1.54) is 29.5 Å². The molecule has 0 aliphatic heterocycles. The second-order valence-corrected chi connectivity index (χ2v) is 8.16. The van der Waals surface area contributed by atoms with Crippen LogP contribution in [0.4, 0.5) is 4.39 Å². The third-order valence-electron chi connectivity index (χ3n) is 3.57. The summed E-state index contributed by atoms with van der Waals surface area (Å²) < 4.78 is 15.9. The number of halogens is 2. The Labute approximate surface area is 150 Å². The Kier molecular flexibility index (Phi) is 5.99. The monoisotopic (exact) mass is 368 g/mol. The van der Waals surface area contributed by atoms with Crippen LogP contribution in [0, 0.1) is 5.82 Å². The molecule has 24 heavy (non-hydrogen) atoms. The number of unbranched alkanes of at least 4 members (excludes halogenated alkanes) is 1. The Morgan fingerprint density at radius 3 is 2.71 bits per heavy atom. The molecule has 0 bridgehead atoms. The van der Waals surface area contributed by atoms with Crippen molar-refractivity contribution in [2.24, 2.45) is 4.99 Å². The number of aryl methyl sites for hydroxylation is 1. The van der Waals surface area contributed by atoms with Gasteiger partial charge >= 0.3 is 0 Å². The molecule has 0 aliphatic carbocycles. The van der Waals surface area contributed by atoms with Crippen molar-refractivity contribution in [3.05, 3.63) is 50.5 Å². The van der Waals surface area contributed by atoms with Crippen molar-refractivity contribution in [1.82, 2.24) is 4.57 Å². The highest BCUT2D eigenvalue weighted by Crippen LogP contribution is 2.24. The van der Waals surface area contributed by atoms with Gasteiger partial charge in [-0.1, -0.05) is 45.7 Å². The lowest BCUT2D eigenvalue weighted by molar-refractivity contribution is 0.0994. The van der Waals surface area contributed by atoms with Crippen molar-refractivity contribution in [3.63, 3.8) is 0 Å². The second kappa shape index (κ2) is 7.62. The third kappa shape index (κ3) is 4.54. The zero-order chi connectivity index (χ0) is 17.9. The van der Waals surface area contributed by atoms with Gasteiger partial charge in [-0.05, 0) is 30.0 Å². The van der Waals surface area contributed by atoms with Crippen LogP contribution in [-0.4, -0.2) is 10.5 Å². The highest BCUT2D eigenvalue weighted by atomic mass is 35.5. The summed E-state index contributed by atoms with van der Waals surface area (Å²) in [6.07, 6.45) is 4.08. The Bertz CT molecular complexity index is 802. The number of hydrogen-bond donors (Lipinski definition) is 0. The van der Waals surface area contributed by atoms with E-state index >= 15 is 0 Å². The highest BCUT2D eigenvalue weighted by molar-refractivity contribution is 7.09. The fraction of sp³-hybridized carbons (Fsp3) is 0.444. The van der Waals surface area contributed by atoms with Gasteiger partial charge in [0.25, 0.3) is 5.91 Å². The molecule has 130 valence electrons. The minimum Gasteiger partial charge on any atom is -0.323 e. The number of benzene rings is 1. The fourth-order valence-electron chi connectivity index (χ4n) is 2.11. The van der Waals surface area contributed by atoms with E-state index in [-0.39, 0.29) is 11.0 Å². The summed E-state index contributed by atoms with van der Waals surface area (Å²) in [6, 6.07) is 3.92. The van der Waals surface area contributed by atoms with E-state index in [0.717, 1.165) is 24.3 Å². The van der Waals surface area contributed by atoms with Gasteiger partial charge in [-0.25, -0.2) is 4.39 Å². The van der Waals surface area contributed by atoms with Gasteiger partial charge in [-0.3, -0.25) is 4.79 Å². The van der Waals surface area contributed by atoms with Gasteiger partial charge in [0.1, 0.15) is 5.82 Å². The minimum absolute atomic E-state index is 0.0310. The lowest BCUT2D eigenvalue weighted by Gasteiger charge is -2.14. The molecule has 0 atom stereocenters. The number of rotatable bonds is 4. The van der Waals surface area contributed by atoms with Crippen LogP contribution in [0.1, 0.15) is 55.8 Å². The molecular weight excluding hydrogens is 347 g/mol. The van der Waals surface area contributed by atoms with Crippen molar-refractivity contribution >= 4 is 28.8 Å². The summed E-state index contributed by atoms with van der Waals surface area (Å²) in [7, 11) is 0. The van der Waals surface area contributed by atoms with E-state index in [9.17, 15) is 9.18 Å². The molecule has 0 saturated heterocycles. The van der Waals surface area contributed by atoms with Crippen molar-refractivity contribution in [2.45, 2.75) is 52.5 Å². The first-order chi connectivity index (χ1) is 11.2. The van der Waals surface area contributed by atoms with Crippen LogP contribution < -0.4 is 4.80 Å². The first-order valence-corrected chi connectivity index (χ1v) is 9.16. The van der Waals surface area contributed by atoms with E-state index in [0.29, 0.717) is 9.82 Å². The van der Waals surface area contributed by atoms with Crippen LogP contribution in [0.2, 0.25) is 5.02 Å². The van der Waals surface area contributed by atoms with E-state index in [1.807, 2.05) is 10.8 Å². The Morgan fingerprint density at radius 1 is 1.38 bits per heavy atom. The molecule has 2 aromatic rings. The highest BCUT2D eigenvalue weighted by Gasteiger charge is 2.18. The number of carbonyl (C=O) groups excluding carboxylic acids is 1. The molecule has 2 rings (SSSR count). The predicted octanol–water partition coefficient (Wildman–Crippen LogP) is 5.18. The molecule has 6 heteroatoms. The van der Waals surface area contributed by atoms with E-state index in [2.05, 4.69) is 32.7 Å². The lowest BCUT2D eigenvalue weighted by Crippen LogP contribution is -2.16. The standard InChI is InChI=1S/C18H22ClFN2OS/c1-5-6-9-22-11-15(18(2,3)4)24-17(22)21-16(23)13-10-12(19)7-8-14(13)20/h7-8,10-11H,5-6,9H2,1-4H3/b21-17-. The number of carbonyl (C=O) groups is 1. The predicted molar refractivity (Wildman–Crippen MR) is 97.2 cm³/mol. The normalized spacial score (nSPS) is 12.7. The zero-order valence-electron chi connectivity index (χ0n) is 14.4. The molecule has 1 aromatic heterocycles. The van der Waals surface area contributed by atoms with Gasteiger partial charge in [0.05, 0.1) is 5.56 Å². The maximum absolute atomic E-state index is 13.9. The molecule has 0 fully saturated rings. The summed E-state index contributed by atoms with van der Waals surface area (Å²) in [5, 5.41) is 0.315. The molecule has 0 spiro atoms. The van der Waals surface area contributed by atoms with Gasteiger partial charge in [-0.15, -0.1) is 11.3 Å². The average molecular weight is 369 g/mol. The van der Waals surface area contributed by atoms with Gasteiger partial charge in [-0.2, -0.15) is 4.99 Å². The molecule has 0 unspecified atom stereocenters. The van der Waals surface area contributed by atoms with Crippen LogP contribution in [-0.2, 0) is 12.0 Å². The number of hydrogen-bond acceptors (Lipinski definition) is 2. The number of nitrogens with zero attached hydrogens (tertiary/aromatic N) is 2. The van der Waals surface area contributed by atoms with Gasteiger partial charge in [0.2, 0.25) is 0 Å². The smallest absolute Gasteiger partial charge is 0.282 e. The first-order valence-electron chi connectivity index (χ1n) is 7.97. The molecule has 0 aliphatic rings. The lowest BCUT2D eigenvalue weighted by atomic mass is 9.95. The van der Waals surface area contributed by atoms with Gasteiger partial charge in [0.15, 0.2) is 4.80 Å². The van der Waals surface area contributed by atoms with Crippen LogP contribution >= 0.6 is 22.9 Å². The molecule has 1 aromatic carbocycles. The molecule has 3 nitrogen and oxygen atoms in total. The summed E-state index contributed by atoms with van der Waals surface area (Å²) in [5.41, 5.74) is -0.133. The van der Waals surface area contributed by atoms with E-state index in [4.69, 9.17) is 11.6 Å². The minimum atomic E-state index is -0.610. The Hall–Kier alpha value is -1.46. The number of aromatic nitrogens is 1. The fourth-order valence-corrected chi connectivity index (χ4v) is 3.36. The van der Waals surface area contributed by atoms with Crippen molar-refractivity contribution in [2.75, 3.05) is 0 Å². The second-order valence-electron chi connectivity index (χ2n) is 6.72. The Morgan fingerprint density at radius 2 is 2.08 bits per heavy atom. The van der Waals surface area contributed by atoms with Crippen molar-refractivity contribution in [1.29, 1.82) is 0 Å². The van der Waals surface area contributed by atoms with E-state index < -0.39 is 11.7 Å². The molecule has 1 amide bonds. The van der Waals surface area contributed by atoms with Crippen molar-refractivity contribution in [3.8, 4) is 0 Å². The van der Waals surface area contributed by atoms with Gasteiger partial charge < -0.3 is 4.57 Å². The van der Waals surface area contributed by atoms with E-state index in [1.54, 1.807) is 0 Å². The quantitative estimate of drug-likeness (QED) is 0.732. The zero-order valence-corrected chi connectivity index (χ0v) is 16.0. The van der Waals surface area contributed by atoms with Crippen LogP contribution in [0.15, 0.2) is 29.4 Å². The maximum atomic E-state index is 13.9. The summed E-state index contributed by atoms with van der Waals surface area (Å²) in [4.78, 5) is 18.3. The van der Waals surface area contributed by atoms with Crippen LogP contribution in [0.3, 0.4) is 0 Å². The molecule has 0 saturated carbocycles. The van der Waals surface area contributed by atoms with Crippen molar-refractivity contribution < 1.29 is 9.18 Å². The molecule has 0 N–H and O–H groups in total.